The third-order valence-electron chi connectivity index (χ3n) is 4.61. The van der Waals surface area contributed by atoms with E-state index in [-0.39, 0.29) is 31.6 Å². The second kappa shape index (κ2) is 15.9. The van der Waals surface area contributed by atoms with Crippen LogP contribution in [0.25, 0.3) is 0 Å². The zero-order chi connectivity index (χ0) is 26.4. The van der Waals surface area contributed by atoms with E-state index < -0.39 is 66.2 Å². The molecule has 4 amide bonds. The second-order valence-electron chi connectivity index (χ2n) is 8.14. The fourth-order valence-electron chi connectivity index (χ4n) is 2.84. The largest absolute Gasteiger partial charge is 0.481 e. The van der Waals surface area contributed by atoms with Crippen LogP contribution in [0.4, 0.5) is 0 Å². The standard InChI is InChI=1S/C20H35N5O8S/c1-10(2)8-14(20(32)33)25-19(31)13(9-15(22)26)24-18(30)12(6-7-34-3)23-17(29)11(21)4-5-16(27)28/h10-14H,4-9,21H2,1-3H3,(H2,22,26)(H,23,29)(H,24,30)(H,25,31)(H,27,28)(H,32,33). The first-order valence-electron chi connectivity index (χ1n) is 10.7. The molecule has 0 aliphatic carbocycles. The van der Waals surface area contributed by atoms with Crippen molar-refractivity contribution in [2.24, 2.45) is 17.4 Å². The lowest BCUT2D eigenvalue weighted by Crippen LogP contribution is -2.58. The first-order chi connectivity index (χ1) is 15.8. The van der Waals surface area contributed by atoms with E-state index in [0.29, 0.717) is 5.75 Å². The van der Waals surface area contributed by atoms with Crippen molar-refractivity contribution in [3.63, 3.8) is 0 Å². The van der Waals surface area contributed by atoms with Crippen LogP contribution in [0.5, 0.6) is 0 Å². The van der Waals surface area contributed by atoms with Crippen LogP contribution in [0, 0.1) is 5.92 Å². The average molecular weight is 506 g/mol. The lowest BCUT2D eigenvalue weighted by atomic mass is 10.0. The van der Waals surface area contributed by atoms with E-state index in [4.69, 9.17) is 16.6 Å². The second-order valence-corrected chi connectivity index (χ2v) is 9.13. The van der Waals surface area contributed by atoms with Crippen LogP contribution >= 0.6 is 11.8 Å². The van der Waals surface area contributed by atoms with Gasteiger partial charge in [-0.25, -0.2) is 4.79 Å². The summed E-state index contributed by atoms with van der Waals surface area (Å²) in [5.41, 5.74) is 10.9. The van der Waals surface area contributed by atoms with Crippen LogP contribution in [0.15, 0.2) is 0 Å². The summed E-state index contributed by atoms with van der Waals surface area (Å²) >= 11 is 1.39. The molecule has 0 aromatic rings. The molecule has 4 unspecified atom stereocenters. The Morgan fingerprint density at radius 1 is 0.853 bits per heavy atom. The van der Waals surface area contributed by atoms with E-state index in [1.54, 1.807) is 20.1 Å². The molecule has 0 aromatic carbocycles. The summed E-state index contributed by atoms with van der Waals surface area (Å²) in [5, 5.41) is 25.1. The van der Waals surface area contributed by atoms with Gasteiger partial charge in [0.1, 0.15) is 18.1 Å². The summed E-state index contributed by atoms with van der Waals surface area (Å²) in [6.07, 6.45) is 0.987. The minimum atomic E-state index is -1.46. The first-order valence-corrected chi connectivity index (χ1v) is 12.1. The average Bonchev–Trinajstić information content (AvgIpc) is 2.72. The number of rotatable bonds is 17. The molecule has 194 valence electrons. The Hall–Kier alpha value is -2.87. The van der Waals surface area contributed by atoms with Gasteiger partial charge in [0.25, 0.3) is 0 Å². The van der Waals surface area contributed by atoms with Gasteiger partial charge in [-0.1, -0.05) is 13.8 Å². The molecule has 14 heteroatoms. The number of primary amides is 1. The van der Waals surface area contributed by atoms with Gasteiger partial charge in [-0.05, 0) is 37.2 Å². The number of hydrogen-bond acceptors (Lipinski definition) is 8. The quantitative estimate of drug-likeness (QED) is 0.119. The van der Waals surface area contributed by atoms with E-state index in [1.807, 2.05) is 0 Å². The molecule has 4 atom stereocenters. The minimum Gasteiger partial charge on any atom is -0.481 e. The highest BCUT2D eigenvalue weighted by atomic mass is 32.2. The highest BCUT2D eigenvalue weighted by Gasteiger charge is 2.31. The number of amides is 4. The first kappa shape index (κ1) is 31.1. The third kappa shape index (κ3) is 13.0. The Morgan fingerprint density at radius 3 is 1.85 bits per heavy atom. The van der Waals surface area contributed by atoms with Gasteiger partial charge in [0.15, 0.2) is 0 Å². The maximum absolute atomic E-state index is 12.8. The SMILES string of the molecule is CSCCC(NC(=O)C(N)CCC(=O)O)C(=O)NC(CC(N)=O)C(=O)NC(CC(C)C)C(=O)O. The van der Waals surface area contributed by atoms with Crippen molar-refractivity contribution in [1.29, 1.82) is 0 Å². The van der Waals surface area contributed by atoms with Crippen molar-refractivity contribution in [3.8, 4) is 0 Å². The van der Waals surface area contributed by atoms with Gasteiger partial charge in [0.2, 0.25) is 23.6 Å². The Balaban J connectivity index is 5.46. The number of nitrogens with one attached hydrogen (secondary N) is 3. The topological polar surface area (TPSA) is 231 Å². The lowest BCUT2D eigenvalue weighted by Gasteiger charge is -2.25. The van der Waals surface area contributed by atoms with Crippen molar-refractivity contribution in [2.75, 3.05) is 12.0 Å². The third-order valence-corrected chi connectivity index (χ3v) is 5.25. The molecule has 0 heterocycles. The Kier molecular flexibility index (Phi) is 14.5. The van der Waals surface area contributed by atoms with Gasteiger partial charge >= 0.3 is 11.9 Å². The van der Waals surface area contributed by atoms with Crippen LogP contribution in [0.1, 0.15) is 46.0 Å². The molecule has 13 nitrogen and oxygen atoms in total. The zero-order valence-electron chi connectivity index (χ0n) is 19.5. The van der Waals surface area contributed by atoms with Crippen LogP contribution in [0.3, 0.4) is 0 Å². The van der Waals surface area contributed by atoms with Gasteiger partial charge < -0.3 is 37.6 Å². The molecule has 0 aromatic heterocycles. The molecular weight excluding hydrogens is 470 g/mol. The van der Waals surface area contributed by atoms with Crippen LogP contribution in [-0.2, 0) is 28.8 Å². The van der Waals surface area contributed by atoms with Gasteiger partial charge in [0, 0.05) is 6.42 Å². The number of carboxylic acid groups (broad SMARTS) is 2. The van der Waals surface area contributed by atoms with Crippen molar-refractivity contribution >= 4 is 47.3 Å². The van der Waals surface area contributed by atoms with Crippen LogP contribution in [0.2, 0.25) is 0 Å². The summed E-state index contributed by atoms with van der Waals surface area (Å²) < 4.78 is 0. The molecule has 0 radical (unpaired) electrons. The van der Waals surface area contributed by atoms with E-state index in [0.717, 1.165) is 0 Å². The summed E-state index contributed by atoms with van der Waals surface area (Å²) in [4.78, 5) is 71.4. The lowest BCUT2D eigenvalue weighted by molar-refractivity contribution is -0.143. The smallest absolute Gasteiger partial charge is 0.326 e. The van der Waals surface area contributed by atoms with Crippen molar-refractivity contribution in [2.45, 2.75) is 70.1 Å². The number of thioether (sulfide) groups is 1. The molecule has 9 N–H and O–H groups in total. The van der Waals surface area contributed by atoms with E-state index in [1.165, 1.54) is 11.8 Å². The molecule has 0 bridgehead atoms. The molecule has 34 heavy (non-hydrogen) atoms. The van der Waals surface area contributed by atoms with Gasteiger partial charge in [-0.15, -0.1) is 0 Å². The number of nitrogens with two attached hydrogens (primary N) is 2. The maximum atomic E-state index is 12.8. The molecular formula is C20H35N5O8S. The van der Waals surface area contributed by atoms with E-state index >= 15 is 0 Å². The molecule has 0 rings (SSSR count). The molecule has 0 aliphatic heterocycles. The normalized spacial score (nSPS) is 14.4. The summed E-state index contributed by atoms with van der Waals surface area (Å²) in [6.45, 7) is 3.54. The summed E-state index contributed by atoms with van der Waals surface area (Å²) in [6, 6.07) is -5.00. The fourth-order valence-corrected chi connectivity index (χ4v) is 3.31. The van der Waals surface area contributed by atoms with Crippen LogP contribution < -0.4 is 27.4 Å². The number of carbonyl (C=O) groups is 6. The minimum absolute atomic E-state index is 0.0537. The molecule has 0 aliphatic rings. The predicted molar refractivity (Wildman–Crippen MR) is 125 cm³/mol. The monoisotopic (exact) mass is 505 g/mol. The molecule has 0 saturated carbocycles. The summed E-state index contributed by atoms with van der Waals surface area (Å²) in [5.74, 6) is -5.37. The Labute approximate surface area is 202 Å². The number of hydrogen-bond donors (Lipinski definition) is 7. The van der Waals surface area contributed by atoms with E-state index in [2.05, 4.69) is 16.0 Å². The molecule has 0 fully saturated rings. The van der Waals surface area contributed by atoms with Gasteiger partial charge in [-0.3, -0.25) is 24.0 Å². The number of carboxylic acids is 2. The predicted octanol–water partition coefficient (Wildman–Crippen LogP) is -1.61. The Bertz CT molecular complexity index is 748. The Morgan fingerprint density at radius 2 is 1.38 bits per heavy atom. The van der Waals surface area contributed by atoms with E-state index in [9.17, 15) is 33.9 Å². The fraction of sp³-hybridized carbons (Fsp3) is 0.700. The van der Waals surface area contributed by atoms with Crippen LogP contribution in [-0.4, -0.2) is 82.0 Å². The van der Waals surface area contributed by atoms with Gasteiger partial charge in [0.05, 0.1) is 12.5 Å². The summed E-state index contributed by atoms with van der Waals surface area (Å²) in [7, 11) is 0. The molecule has 0 saturated heterocycles. The highest BCUT2D eigenvalue weighted by Crippen LogP contribution is 2.07. The molecule has 0 spiro atoms. The number of carbonyl (C=O) groups excluding carboxylic acids is 4. The van der Waals surface area contributed by atoms with Crippen molar-refractivity contribution < 1.29 is 39.0 Å². The highest BCUT2D eigenvalue weighted by molar-refractivity contribution is 7.98. The number of aliphatic carboxylic acids is 2. The van der Waals surface area contributed by atoms with Crippen molar-refractivity contribution in [1.82, 2.24) is 16.0 Å². The zero-order valence-corrected chi connectivity index (χ0v) is 20.4. The van der Waals surface area contributed by atoms with Gasteiger partial charge in [-0.2, -0.15) is 11.8 Å². The maximum Gasteiger partial charge on any atom is 0.326 e. The van der Waals surface area contributed by atoms with Crippen molar-refractivity contribution in [3.05, 3.63) is 0 Å².